The Morgan fingerprint density at radius 2 is 2.10 bits per heavy atom. The summed E-state index contributed by atoms with van der Waals surface area (Å²) in [6.07, 6.45) is 5.86. The number of hydrogen-bond acceptors (Lipinski definition) is 4. The highest BCUT2D eigenvalue weighted by atomic mass is 16.2. The van der Waals surface area contributed by atoms with E-state index in [0.29, 0.717) is 12.6 Å². The molecule has 1 aromatic heterocycles. The van der Waals surface area contributed by atoms with E-state index in [1.165, 1.54) is 5.56 Å². The van der Waals surface area contributed by atoms with Gasteiger partial charge in [0.25, 0.3) is 0 Å². The van der Waals surface area contributed by atoms with Crippen LogP contribution in [0.4, 0.5) is 5.69 Å². The standard InChI is InChI=1S/C15H24N4O/c1-12-8-14(10-16-9-12)17-13-4-6-19(7-5-13)11-15(20)18(2)3/h8-10,13,17H,4-7,11H2,1-3H3. The van der Waals surface area contributed by atoms with Crippen LogP contribution in [-0.2, 0) is 4.79 Å². The predicted molar refractivity (Wildman–Crippen MR) is 80.8 cm³/mol. The molecular weight excluding hydrogens is 252 g/mol. The van der Waals surface area contributed by atoms with Crippen LogP contribution in [0.1, 0.15) is 18.4 Å². The maximum atomic E-state index is 11.7. The number of nitrogens with zero attached hydrogens (tertiary/aromatic N) is 3. The van der Waals surface area contributed by atoms with E-state index in [0.717, 1.165) is 31.6 Å². The van der Waals surface area contributed by atoms with Crippen LogP contribution in [0.5, 0.6) is 0 Å². The second kappa shape index (κ2) is 6.70. The van der Waals surface area contributed by atoms with Gasteiger partial charge in [-0.05, 0) is 31.4 Å². The number of rotatable bonds is 4. The van der Waals surface area contributed by atoms with Gasteiger partial charge in [-0.25, -0.2) is 0 Å². The molecule has 1 saturated heterocycles. The van der Waals surface area contributed by atoms with Crippen molar-refractivity contribution in [2.75, 3.05) is 39.0 Å². The third-order valence-electron chi connectivity index (χ3n) is 3.69. The van der Waals surface area contributed by atoms with Crippen molar-refractivity contribution in [1.82, 2.24) is 14.8 Å². The van der Waals surface area contributed by atoms with Crippen LogP contribution in [0.25, 0.3) is 0 Å². The number of anilines is 1. The second-order valence-electron chi connectivity index (χ2n) is 5.73. The zero-order valence-electron chi connectivity index (χ0n) is 12.6. The van der Waals surface area contributed by atoms with E-state index >= 15 is 0 Å². The fourth-order valence-corrected chi connectivity index (χ4v) is 2.44. The highest BCUT2D eigenvalue weighted by Crippen LogP contribution is 2.16. The number of aromatic nitrogens is 1. The quantitative estimate of drug-likeness (QED) is 0.902. The average molecular weight is 276 g/mol. The van der Waals surface area contributed by atoms with E-state index < -0.39 is 0 Å². The van der Waals surface area contributed by atoms with Gasteiger partial charge in [0, 0.05) is 45.6 Å². The van der Waals surface area contributed by atoms with Gasteiger partial charge in [-0.1, -0.05) is 0 Å². The number of piperidine rings is 1. The Balaban J connectivity index is 1.78. The highest BCUT2D eigenvalue weighted by Gasteiger charge is 2.21. The Bertz CT molecular complexity index is 453. The molecule has 1 aromatic rings. The molecule has 1 N–H and O–H groups in total. The zero-order chi connectivity index (χ0) is 14.5. The number of pyridine rings is 1. The fraction of sp³-hybridized carbons (Fsp3) is 0.600. The number of carbonyl (C=O) groups excluding carboxylic acids is 1. The maximum Gasteiger partial charge on any atom is 0.236 e. The number of likely N-dealkylation sites (tertiary alicyclic amines) is 1. The van der Waals surface area contributed by atoms with E-state index in [1.807, 2.05) is 19.3 Å². The first kappa shape index (κ1) is 14.8. The summed E-state index contributed by atoms with van der Waals surface area (Å²) in [4.78, 5) is 19.8. The van der Waals surface area contributed by atoms with E-state index in [2.05, 4.69) is 21.3 Å². The number of nitrogens with one attached hydrogen (secondary N) is 1. The third-order valence-corrected chi connectivity index (χ3v) is 3.69. The summed E-state index contributed by atoms with van der Waals surface area (Å²) in [6.45, 7) is 4.52. The average Bonchev–Trinajstić information content (AvgIpc) is 2.41. The van der Waals surface area contributed by atoms with Gasteiger partial charge in [0.1, 0.15) is 0 Å². The lowest BCUT2D eigenvalue weighted by Gasteiger charge is -2.32. The third kappa shape index (κ3) is 4.20. The molecule has 0 spiro atoms. The summed E-state index contributed by atoms with van der Waals surface area (Å²) >= 11 is 0. The summed E-state index contributed by atoms with van der Waals surface area (Å²) in [6, 6.07) is 2.60. The minimum absolute atomic E-state index is 0.180. The predicted octanol–water partition coefficient (Wildman–Crippen LogP) is 1.35. The minimum Gasteiger partial charge on any atom is -0.381 e. The Hall–Kier alpha value is -1.62. The van der Waals surface area contributed by atoms with E-state index in [1.54, 1.807) is 19.0 Å². The molecule has 0 aromatic carbocycles. The number of aryl methyl sites for hydroxylation is 1. The van der Waals surface area contributed by atoms with Crippen LogP contribution < -0.4 is 5.32 Å². The van der Waals surface area contributed by atoms with Gasteiger partial charge >= 0.3 is 0 Å². The van der Waals surface area contributed by atoms with Crippen molar-refractivity contribution in [3.05, 3.63) is 24.0 Å². The van der Waals surface area contributed by atoms with Gasteiger partial charge in [-0.3, -0.25) is 14.7 Å². The van der Waals surface area contributed by atoms with Crippen molar-refractivity contribution >= 4 is 11.6 Å². The molecule has 0 atom stereocenters. The van der Waals surface area contributed by atoms with Gasteiger partial charge in [0.05, 0.1) is 12.2 Å². The molecule has 0 bridgehead atoms. The van der Waals surface area contributed by atoms with Crippen LogP contribution in [0.2, 0.25) is 0 Å². The molecule has 1 aliphatic rings. The monoisotopic (exact) mass is 276 g/mol. The number of amides is 1. The van der Waals surface area contributed by atoms with E-state index in [4.69, 9.17) is 0 Å². The van der Waals surface area contributed by atoms with Crippen LogP contribution in [0.15, 0.2) is 18.5 Å². The lowest BCUT2D eigenvalue weighted by molar-refractivity contribution is -0.130. The molecule has 110 valence electrons. The molecule has 1 aliphatic heterocycles. The van der Waals surface area contributed by atoms with Crippen molar-refractivity contribution in [3.63, 3.8) is 0 Å². The highest BCUT2D eigenvalue weighted by molar-refractivity contribution is 5.77. The van der Waals surface area contributed by atoms with Crippen LogP contribution in [-0.4, -0.2) is 60.5 Å². The van der Waals surface area contributed by atoms with Gasteiger partial charge in [-0.15, -0.1) is 0 Å². The first-order valence-corrected chi connectivity index (χ1v) is 7.15. The molecule has 5 nitrogen and oxygen atoms in total. The van der Waals surface area contributed by atoms with Crippen LogP contribution >= 0.6 is 0 Å². The van der Waals surface area contributed by atoms with Crippen molar-refractivity contribution in [2.24, 2.45) is 0 Å². The molecular formula is C15H24N4O. The Morgan fingerprint density at radius 3 is 2.70 bits per heavy atom. The number of hydrogen-bond donors (Lipinski definition) is 1. The summed E-state index contributed by atoms with van der Waals surface area (Å²) in [5, 5.41) is 3.53. The topological polar surface area (TPSA) is 48.5 Å². The molecule has 20 heavy (non-hydrogen) atoms. The number of likely N-dealkylation sites (N-methyl/N-ethyl adjacent to an activating group) is 1. The second-order valence-corrected chi connectivity index (χ2v) is 5.73. The van der Waals surface area contributed by atoms with Gasteiger partial charge in [-0.2, -0.15) is 0 Å². The van der Waals surface area contributed by atoms with Crippen molar-refractivity contribution in [2.45, 2.75) is 25.8 Å². The van der Waals surface area contributed by atoms with Crippen LogP contribution in [0, 0.1) is 6.92 Å². The molecule has 2 heterocycles. The summed E-state index contributed by atoms with van der Waals surface area (Å²) in [7, 11) is 3.61. The molecule has 0 unspecified atom stereocenters. The van der Waals surface area contributed by atoms with Crippen LogP contribution in [0.3, 0.4) is 0 Å². The first-order valence-electron chi connectivity index (χ1n) is 7.15. The molecule has 1 amide bonds. The molecule has 0 saturated carbocycles. The number of carbonyl (C=O) groups is 1. The van der Waals surface area contributed by atoms with Gasteiger partial charge < -0.3 is 10.2 Å². The zero-order valence-corrected chi connectivity index (χ0v) is 12.6. The van der Waals surface area contributed by atoms with Gasteiger partial charge in [0.2, 0.25) is 5.91 Å². The SMILES string of the molecule is Cc1cncc(NC2CCN(CC(=O)N(C)C)CC2)c1. The summed E-state index contributed by atoms with van der Waals surface area (Å²) in [5.41, 5.74) is 2.26. The van der Waals surface area contributed by atoms with Gasteiger partial charge in [0.15, 0.2) is 0 Å². The van der Waals surface area contributed by atoms with Crippen molar-refractivity contribution in [3.8, 4) is 0 Å². The van der Waals surface area contributed by atoms with E-state index in [-0.39, 0.29) is 5.91 Å². The minimum atomic E-state index is 0.180. The lowest BCUT2D eigenvalue weighted by atomic mass is 10.0. The van der Waals surface area contributed by atoms with Crippen molar-refractivity contribution < 1.29 is 4.79 Å². The lowest BCUT2D eigenvalue weighted by Crippen LogP contribution is -2.43. The molecule has 1 fully saturated rings. The Labute approximate surface area is 121 Å². The molecule has 2 rings (SSSR count). The first-order chi connectivity index (χ1) is 9.54. The van der Waals surface area contributed by atoms with E-state index in [9.17, 15) is 4.79 Å². The summed E-state index contributed by atoms with van der Waals surface area (Å²) < 4.78 is 0. The Kier molecular flexibility index (Phi) is 4.95. The van der Waals surface area contributed by atoms with Crippen molar-refractivity contribution in [1.29, 1.82) is 0 Å². The summed E-state index contributed by atoms with van der Waals surface area (Å²) in [5.74, 6) is 0.180. The smallest absolute Gasteiger partial charge is 0.236 e. The largest absolute Gasteiger partial charge is 0.381 e. The molecule has 0 radical (unpaired) electrons. The molecule has 5 heteroatoms. The molecule has 0 aliphatic carbocycles. The Morgan fingerprint density at radius 1 is 1.40 bits per heavy atom. The fourth-order valence-electron chi connectivity index (χ4n) is 2.44. The maximum absolute atomic E-state index is 11.7. The normalized spacial score (nSPS) is 16.9.